The van der Waals surface area contributed by atoms with E-state index < -0.39 is 24.4 Å². The van der Waals surface area contributed by atoms with Crippen molar-refractivity contribution in [2.75, 3.05) is 17.3 Å². The van der Waals surface area contributed by atoms with Gasteiger partial charge in [-0.1, -0.05) is 41.6 Å². The number of hydrogen-bond donors (Lipinski definition) is 2. The van der Waals surface area contributed by atoms with E-state index in [1.54, 1.807) is 30.3 Å². The molecule has 4 N–H and O–H groups in total. The van der Waals surface area contributed by atoms with Gasteiger partial charge in [-0.15, -0.1) is 0 Å². The summed E-state index contributed by atoms with van der Waals surface area (Å²) in [4.78, 5) is 52.7. The maximum absolute atomic E-state index is 13.1. The number of nitrogens with two attached hydrogens (primary N) is 2. The summed E-state index contributed by atoms with van der Waals surface area (Å²) in [5.74, 6) is -2.34. The molecule has 0 saturated heterocycles. The summed E-state index contributed by atoms with van der Waals surface area (Å²) in [6.45, 7) is 1.43. The predicted octanol–water partition coefficient (Wildman–Crippen LogP) is 1.60. The monoisotopic (exact) mass is 452 g/mol. The Labute approximate surface area is 188 Å². The summed E-state index contributed by atoms with van der Waals surface area (Å²) in [5, 5.41) is 0.343. The topological polar surface area (TPSA) is 145 Å². The van der Waals surface area contributed by atoms with Gasteiger partial charge in [-0.2, -0.15) is 0 Å². The quantitative estimate of drug-likeness (QED) is 0.482. The molecule has 1 aliphatic rings. The number of nitrogens with zero attached hydrogens (tertiary/aromatic N) is 2. The zero-order chi connectivity index (χ0) is 23.3. The highest BCUT2D eigenvalue weighted by molar-refractivity contribution is 8.14. The number of hydrogen-bond acceptors (Lipinski definition) is 7. The molecule has 32 heavy (non-hydrogen) atoms. The third-order valence-electron chi connectivity index (χ3n) is 4.26. The van der Waals surface area contributed by atoms with Gasteiger partial charge in [0.25, 0.3) is 11.8 Å². The molecule has 3 amide bonds. The second kappa shape index (κ2) is 9.92. The lowest BCUT2D eigenvalue weighted by Gasteiger charge is -2.17. The first kappa shape index (κ1) is 22.8. The van der Waals surface area contributed by atoms with E-state index in [4.69, 9.17) is 16.2 Å². The first-order valence-electron chi connectivity index (χ1n) is 9.42. The van der Waals surface area contributed by atoms with Gasteiger partial charge in [0.05, 0.1) is 17.0 Å². The molecule has 0 spiro atoms. The molecule has 0 bridgehead atoms. The molecule has 0 fully saturated rings. The van der Waals surface area contributed by atoms with Gasteiger partial charge in [0, 0.05) is 0 Å². The number of carbonyl (C=O) groups excluding carboxylic acids is 4. The van der Waals surface area contributed by atoms with Crippen molar-refractivity contribution in [1.29, 1.82) is 0 Å². The van der Waals surface area contributed by atoms with E-state index in [9.17, 15) is 19.2 Å². The van der Waals surface area contributed by atoms with Gasteiger partial charge in [0.1, 0.15) is 5.70 Å². The number of rotatable bonds is 7. The lowest BCUT2D eigenvalue weighted by molar-refractivity contribution is -0.121. The molecule has 0 aromatic heterocycles. The van der Waals surface area contributed by atoms with Gasteiger partial charge < -0.3 is 16.2 Å². The maximum Gasteiger partial charge on any atom is 0.338 e. The number of amidine groups is 1. The standard InChI is InChI=1S/C22H20N4O5S/c1-13-2-8-16(9-3-13)26-20(29)17(25-22(26)32-12-19(24)28)10-14-4-6-15(7-5-14)21(30)31-11-18(23)27/h2-10H,11-12H2,1H3,(H2,23,27)(H2,24,28)/b17-10+. The van der Waals surface area contributed by atoms with Gasteiger partial charge >= 0.3 is 5.97 Å². The lowest BCUT2D eigenvalue weighted by Crippen LogP contribution is -2.31. The van der Waals surface area contributed by atoms with Crippen LogP contribution in [-0.2, 0) is 19.1 Å². The molecule has 0 radical (unpaired) electrons. The number of amides is 3. The first-order chi connectivity index (χ1) is 15.2. The predicted molar refractivity (Wildman–Crippen MR) is 122 cm³/mol. The van der Waals surface area contributed by atoms with Crippen LogP contribution in [0.25, 0.3) is 6.08 Å². The molecule has 164 valence electrons. The molecular weight excluding hydrogens is 432 g/mol. The van der Waals surface area contributed by atoms with Crippen molar-refractivity contribution in [3.8, 4) is 0 Å². The summed E-state index contributed by atoms with van der Waals surface area (Å²) in [7, 11) is 0. The Bertz CT molecular complexity index is 1120. The van der Waals surface area contributed by atoms with E-state index in [1.807, 2.05) is 19.1 Å². The van der Waals surface area contributed by atoms with Crippen LogP contribution in [-0.4, -0.2) is 41.2 Å². The smallest absolute Gasteiger partial charge is 0.338 e. The number of aliphatic imine (C=N–C) groups is 1. The van der Waals surface area contributed by atoms with Crippen molar-refractivity contribution >= 4 is 52.4 Å². The van der Waals surface area contributed by atoms with E-state index in [2.05, 4.69) is 4.99 Å². The molecule has 0 unspecified atom stereocenters. The van der Waals surface area contributed by atoms with Crippen LogP contribution in [0.5, 0.6) is 0 Å². The third kappa shape index (κ3) is 5.61. The lowest BCUT2D eigenvalue weighted by atomic mass is 10.1. The largest absolute Gasteiger partial charge is 0.452 e. The van der Waals surface area contributed by atoms with E-state index in [-0.39, 0.29) is 22.9 Å². The fraction of sp³-hybridized carbons (Fsp3) is 0.136. The number of benzene rings is 2. The average molecular weight is 452 g/mol. The zero-order valence-corrected chi connectivity index (χ0v) is 17.9. The first-order valence-corrected chi connectivity index (χ1v) is 10.4. The SMILES string of the molecule is Cc1ccc(N2C(=O)/C(=C\c3ccc(C(=O)OCC(N)=O)cc3)N=C2SCC(N)=O)cc1. The van der Waals surface area contributed by atoms with Crippen LogP contribution in [0.4, 0.5) is 5.69 Å². The molecule has 9 nitrogen and oxygen atoms in total. The summed E-state index contributed by atoms with van der Waals surface area (Å²) < 4.78 is 4.76. The van der Waals surface area contributed by atoms with Crippen LogP contribution >= 0.6 is 11.8 Å². The Balaban J connectivity index is 1.85. The van der Waals surface area contributed by atoms with E-state index >= 15 is 0 Å². The van der Waals surface area contributed by atoms with Crippen LogP contribution in [0.2, 0.25) is 0 Å². The molecular formula is C22H20N4O5S. The van der Waals surface area contributed by atoms with E-state index in [1.165, 1.54) is 17.0 Å². The molecule has 10 heteroatoms. The molecule has 1 heterocycles. The minimum atomic E-state index is -0.750. The highest BCUT2D eigenvalue weighted by atomic mass is 32.2. The van der Waals surface area contributed by atoms with Crippen LogP contribution in [0.15, 0.2) is 59.2 Å². The summed E-state index contributed by atoms with van der Waals surface area (Å²) >= 11 is 1.07. The molecule has 0 aliphatic carbocycles. The minimum absolute atomic E-state index is 0.0239. The highest BCUT2D eigenvalue weighted by Crippen LogP contribution is 2.29. The molecule has 2 aromatic carbocycles. The second-order valence-corrected chi connectivity index (χ2v) is 7.76. The maximum atomic E-state index is 13.1. The molecule has 1 aliphatic heterocycles. The minimum Gasteiger partial charge on any atom is -0.452 e. The van der Waals surface area contributed by atoms with Crippen LogP contribution in [0.1, 0.15) is 21.5 Å². The Morgan fingerprint density at radius 1 is 1.03 bits per heavy atom. The number of aryl methyl sites for hydroxylation is 1. The summed E-state index contributed by atoms with van der Waals surface area (Å²) in [5.41, 5.74) is 12.9. The number of esters is 1. The van der Waals surface area contributed by atoms with Gasteiger partial charge in [-0.25, -0.2) is 9.79 Å². The Hall–Kier alpha value is -3.92. The van der Waals surface area contributed by atoms with Gasteiger partial charge in [0.15, 0.2) is 11.8 Å². The van der Waals surface area contributed by atoms with Gasteiger partial charge in [-0.05, 0) is 42.8 Å². The molecule has 0 saturated carbocycles. The van der Waals surface area contributed by atoms with Crippen molar-refractivity contribution < 1.29 is 23.9 Å². The van der Waals surface area contributed by atoms with Crippen LogP contribution in [0.3, 0.4) is 0 Å². The van der Waals surface area contributed by atoms with Crippen molar-refractivity contribution in [3.05, 3.63) is 70.9 Å². The fourth-order valence-corrected chi connectivity index (χ4v) is 3.50. The molecule has 2 aromatic rings. The Kier molecular flexibility index (Phi) is 7.06. The number of carbonyl (C=O) groups is 4. The van der Waals surface area contributed by atoms with E-state index in [0.29, 0.717) is 16.4 Å². The molecule has 0 atom stereocenters. The van der Waals surface area contributed by atoms with Gasteiger partial charge in [0.2, 0.25) is 5.91 Å². The Morgan fingerprint density at radius 3 is 2.28 bits per heavy atom. The molecule has 3 rings (SSSR count). The second-order valence-electron chi connectivity index (χ2n) is 6.82. The van der Waals surface area contributed by atoms with Crippen molar-refractivity contribution in [2.24, 2.45) is 16.5 Å². The Morgan fingerprint density at radius 2 is 1.69 bits per heavy atom. The third-order valence-corrected chi connectivity index (χ3v) is 5.22. The number of primary amides is 2. The number of anilines is 1. The summed E-state index contributed by atoms with van der Waals surface area (Å²) in [6, 6.07) is 13.6. The van der Waals surface area contributed by atoms with Crippen LogP contribution in [0, 0.1) is 6.92 Å². The van der Waals surface area contributed by atoms with Crippen molar-refractivity contribution in [1.82, 2.24) is 0 Å². The van der Waals surface area contributed by atoms with Gasteiger partial charge in [-0.3, -0.25) is 19.3 Å². The highest BCUT2D eigenvalue weighted by Gasteiger charge is 2.32. The van der Waals surface area contributed by atoms with Crippen LogP contribution < -0.4 is 16.4 Å². The van der Waals surface area contributed by atoms with E-state index in [0.717, 1.165) is 17.3 Å². The normalized spacial score (nSPS) is 14.4. The number of ether oxygens (including phenoxy) is 1. The summed E-state index contributed by atoms with van der Waals surface area (Å²) in [6.07, 6.45) is 1.57. The fourth-order valence-electron chi connectivity index (χ4n) is 2.74. The number of thioether (sulfide) groups is 1. The zero-order valence-electron chi connectivity index (χ0n) is 17.1. The van der Waals surface area contributed by atoms with Crippen molar-refractivity contribution in [3.63, 3.8) is 0 Å². The average Bonchev–Trinajstić information content (AvgIpc) is 3.06. The van der Waals surface area contributed by atoms with Crippen molar-refractivity contribution in [2.45, 2.75) is 6.92 Å².